The van der Waals surface area contributed by atoms with Gasteiger partial charge in [-0.25, -0.2) is 4.98 Å². The van der Waals surface area contributed by atoms with E-state index >= 15 is 0 Å². The van der Waals surface area contributed by atoms with E-state index in [2.05, 4.69) is 9.97 Å². The fourth-order valence-electron chi connectivity index (χ4n) is 1.90. The number of anilines is 1. The van der Waals surface area contributed by atoms with E-state index in [1.807, 2.05) is 4.90 Å². The van der Waals surface area contributed by atoms with Gasteiger partial charge in [-0.15, -0.1) is 0 Å². The van der Waals surface area contributed by atoms with Crippen molar-refractivity contribution in [3.63, 3.8) is 0 Å². The third-order valence-electron chi connectivity index (χ3n) is 2.85. The average Bonchev–Trinajstić information content (AvgIpc) is 2.33. The summed E-state index contributed by atoms with van der Waals surface area (Å²) in [7, 11) is 1.72. The number of halogens is 1. The lowest BCUT2D eigenvalue weighted by Gasteiger charge is -2.32. The lowest BCUT2D eigenvalue weighted by atomic mass is 10.1. The Balaban J connectivity index is 2.14. The van der Waals surface area contributed by atoms with Crippen LogP contribution < -0.4 is 10.5 Å². The molecule has 2 heterocycles. The maximum absolute atomic E-state index is 11.3. The number of H-pyrrole nitrogens is 1. The minimum absolute atomic E-state index is 0.165. The highest BCUT2D eigenvalue weighted by atomic mass is 35.5. The van der Waals surface area contributed by atoms with Crippen LogP contribution in [0.3, 0.4) is 0 Å². The average molecular weight is 244 g/mol. The molecular formula is C10H14ClN3O2. The van der Waals surface area contributed by atoms with Gasteiger partial charge in [0.25, 0.3) is 5.56 Å². The first-order chi connectivity index (χ1) is 7.72. The number of hydrogen-bond acceptors (Lipinski definition) is 4. The second kappa shape index (κ2) is 4.84. The molecule has 1 fully saturated rings. The lowest BCUT2D eigenvalue weighted by Crippen LogP contribution is -2.38. The van der Waals surface area contributed by atoms with E-state index in [-0.39, 0.29) is 10.6 Å². The SMILES string of the molecule is COC1CCN(c2nc[nH]c(=O)c2Cl)CC1. The summed E-state index contributed by atoms with van der Waals surface area (Å²) >= 11 is 5.92. The number of aromatic nitrogens is 2. The van der Waals surface area contributed by atoms with Crippen LogP contribution in [-0.4, -0.2) is 36.3 Å². The summed E-state index contributed by atoms with van der Waals surface area (Å²) in [6.45, 7) is 1.63. The van der Waals surface area contributed by atoms with Gasteiger partial charge in [-0.05, 0) is 12.8 Å². The zero-order chi connectivity index (χ0) is 11.5. The van der Waals surface area contributed by atoms with Gasteiger partial charge >= 0.3 is 0 Å². The quantitative estimate of drug-likeness (QED) is 0.843. The molecule has 0 aliphatic carbocycles. The molecule has 0 saturated carbocycles. The van der Waals surface area contributed by atoms with Gasteiger partial charge in [0, 0.05) is 20.2 Å². The molecule has 1 N–H and O–H groups in total. The van der Waals surface area contributed by atoms with Gasteiger partial charge in [0.15, 0.2) is 5.82 Å². The Labute approximate surface area is 98.4 Å². The van der Waals surface area contributed by atoms with Crippen LogP contribution in [-0.2, 0) is 4.74 Å². The molecule has 0 radical (unpaired) electrons. The van der Waals surface area contributed by atoms with E-state index in [1.165, 1.54) is 6.33 Å². The van der Waals surface area contributed by atoms with E-state index < -0.39 is 0 Å². The van der Waals surface area contributed by atoms with E-state index in [0.29, 0.717) is 11.9 Å². The van der Waals surface area contributed by atoms with Crippen LogP contribution in [0.1, 0.15) is 12.8 Å². The van der Waals surface area contributed by atoms with E-state index in [0.717, 1.165) is 25.9 Å². The summed E-state index contributed by atoms with van der Waals surface area (Å²) in [5.74, 6) is 0.569. The maximum Gasteiger partial charge on any atom is 0.271 e. The minimum Gasteiger partial charge on any atom is -0.381 e. The predicted molar refractivity (Wildman–Crippen MR) is 62.1 cm³/mol. The normalized spacial score (nSPS) is 17.8. The standard InChI is InChI=1S/C10H14ClN3O2/c1-16-7-2-4-14(5-3-7)9-8(11)10(15)13-6-12-9/h6-7H,2-5H2,1H3,(H,12,13,15). The molecule has 0 spiro atoms. The fraction of sp³-hybridized carbons (Fsp3) is 0.600. The third kappa shape index (κ3) is 2.20. The molecule has 6 heteroatoms. The van der Waals surface area contributed by atoms with Crippen molar-refractivity contribution in [1.82, 2.24) is 9.97 Å². The molecule has 0 unspecified atom stereocenters. The fourth-order valence-corrected chi connectivity index (χ4v) is 2.12. The number of rotatable bonds is 2. The zero-order valence-electron chi connectivity index (χ0n) is 9.07. The lowest BCUT2D eigenvalue weighted by molar-refractivity contribution is 0.0818. The summed E-state index contributed by atoms with van der Waals surface area (Å²) in [5, 5.41) is 0.165. The molecule has 1 aromatic rings. The van der Waals surface area contributed by atoms with Gasteiger partial charge in [0.1, 0.15) is 5.02 Å². The Kier molecular flexibility index (Phi) is 3.46. The van der Waals surface area contributed by atoms with E-state index in [1.54, 1.807) is 7.11 Å². The maximum atomic E-state index is 11.3. The number of nitrogens with one attached hydrogen (secondary N) is 1. The van der Waals surface area contributed by atoms with Crippen molar-refractivity contribution in [2.75, 3.05) is 25.1 Å². The summed E-state index contributed by atoms with van der Waals surface area (Å²) in [4.78, 5) is 19.9. The largest absolute Gasteiger partial charge is 0.381 e. The first-order valence-corrected chi connectivity index (χ1v) is 5.61. The predicted octanol–water partition coefficient (Wildman–Crippen LogP) is 1.04. The van der Waals surface area contributed by atoms with Gasteiger partial charge in [0.05, 0.1) is 12.4 Å². The molecular weight excluding hydrogens is 230 g/mol. The van der Waals surface area contributed by atoms with Crippen LogP contribution in [0, 0.1) is 0 Å². The number of nitrogens with zero attached hydrogens (tertiary/aromatic N) is 2. The third-order valence-corrected chi connectivity index (χ3v) is 3.19. The smallest absolute Gasteiger partial charge is 0.271 e. The van der Waals surface area contributed by atoms with Crippen molar-refractivity contribution < 1.29 is 4.74 Å². The zero-order valence-corrected chi connectivity index (χ0v) is 9.83. The van der Waals surface area contributed by atoms with Crippen LogP contribution >= 0.6 is 11.6 Å². The van der Waals surface area contributed by atoms with Crippen molar-refractivity contribution in [3.8, 4) is 0 Å². The van der Waals surface area contributed by atoms with Crippen molar-refractivity contribution in [2.24, 2.45) is 0 Å². The monoisotopic (exact) mass is 243 g/mol. The van der Waals surface area contributed by atoms with Crippen LogP contribution in [0.25, 0.3) is 0 Å². The first kappa shape index (κ1) is 11.4. The van der Waals surface area contributed by atoms with Crippen LogP contribution in [0.5, 0.6) is 0 Å². The van der Waals surface area contributed by atoms with Crippen LogP contribution in [0.4, 0.5) is 5.82 Å². The Morgan fingerprint density at radius 3 is 2.88 bits per heavy atom. The van der Waals surface area contributed by atoms with Gasteiger partial charge in [0.2, 0.25) is 0 Å². The molecule has 0 aromatic carbocycles. The summed E-state index contributed by atoms with van der Waals surface area (Å²) in [5.41, 5.74) is -0.291. The molecule has 1 aliphatic rings. The topological polar surface area (TPSA) is 58.2 Å². The van der Waals surface area contributed by atoms with E-state index in [4.69, 9.17) is 16.3 Å². The Bertz CT molecular complexity index is 413. The molecule has 0 bridgehead atoms. The Hall–Kier alpha value is -1.07. The number of ether oxygens (including phenoxy) is 1. The van der Waals surface area contributed by atoms with Gasteiger partial charge in [-0.2, -0.15) is 0 Å². The highest BCUT2D eigenvalue weighted by molar-refractivity contribution is 6.32. The van der Waals surface area contributed by atoms with Gasteiger partial charge in [-0.3, -0.25) is 4.79 Å². The summed E-state index contributed by atoms with van der Waals surface area (Å²) < 4.78 is 5.28. The Morgan fingerprint density at radius 2 is 2.25 bits per heavy atom. The molecule has 2 rings (SSSR count). The molecule has 16 heavy (non-hydrogen) atoms. The van der Waals surface area contributed by atoms with Crippen LogP contribution in [0.2, 0.25) is 5.02 Å². The molecule has 1 saturated heterocycles. The van der Waals surface area contributed by atoms with Crippen molar-refractivity contribution >= 4 is 17.4 Å². The molecule has 5 nitrogen and oxygen atoms in total. The molecule has 0 atom stereocenters. The number of methoxy groups -OCH3 is 1. The minimum atomic E-state index is -0.291. The van der Waals surface area contributed by atoms with Gasteiger partial charge in [-0.1, -0.05) is 11.6 Å². The first-order valence-electron chi connectivity index (χ1n) is 5.23. The summed E-state index contributed by atoms with van der Waals surface area (Å²) in [6, 6.07) is 0. The number of aromatic amines is 1. The Morgan fingerprint density at radius 1 is 1.56 bits per heavy atom. The van der Waals surface area contributed by atoms with Crippen molar-refractivity contribution in [2.45, 2.75) is 18.9 Å². The van der Waals surface area contributed by atoms with Crippen LogP contribution in [0.15, 0.2) is 11.1 Å². The molecule has 0 amide bonds. The van der Waals surface area contributed by atoms with Gasteiger partial charge < -0.3 is 14.6 Å². The second-order valence-electron chi connectivity index (χ2n) is 3.79. The summed E-state index contributed by atoms with van der Waals surface area (Å²) in [6.07, 6.45) is 3.55. The molecule has 1 aliphatic heterocycles. The van der Waals surface area contributed by atoms with Crippen molar-refractivity contribution in [1.29, 1.82) is 0 Å². The molecule has 1 aromatic heterocycles. The van der Waals surface area contributed by atoms with Crippen molar-refractivity contribution in [3.05, 3.63) is 21.7 Å². The van der Waals surface area contributed by atoms with E-state index in [9.17, 15) is 4.79 Å². The number of hydrogen-bond donors (Lipinski definition) is 1. The molecule has 88 valence electrons. The highest BCUT2D eigenvalue weighted by Crippen LogP contribution is 2.23. The second-order valence-corrected chi connectivity index (χ2v) is 4.17. The highest BCUT2D eigenvalue weighted by Gasteiger charge is 2.22. The number of piperidine rings is 1.